The number of nitrogens with zero attached hydrogens (tertiary/aromatic N) is 4. The molecule has 0 aliphatic carbocycles. The molecule has 0 unspecified atom stereocenters. The molecule has 2 rings (SSSR count). The third-order valence-electron chi connectivity index (χ3n) is 4.91. The van der Waals surface area contributed by atoms with Crippen LogP contribution in [0.4, 0.5) is 13.2 Å². The van der Waals surface area contributed by atoms with Gasteiger partial charge in [-0.1, -0.05) is 12.1 Å². The topological polar surface area (TPSA) is 105 Å². The SMILES string of the molecule is N#CCCN(CCC#N)C(=O)C1CCN(S(=O)(=O)c2ccccc2C(F)(F)F)CC1. The van der Waals surface area contributed by atoms with Gasteiger partial charge in [-0.25, -0.2) is 8.42 Å². The van der Waals surface area contributed by atoms with Crippen LogP contribution in [0.15, 0.2) is 29.2 Å². The fourth-order valence-electron chi connectivity index (χ4n) is 3.37. The quantitative estimate of drug-likeness (QED) is 0.646. The first-order valence-corrected chi connectivity index (χ1v) is 10.8. The van der Waals surface area contributed by atoms with Gasteiger partial charge in [-0.05, 0) is 25.0 Å². The van der Waals surface area contributed by atoms with Gasteiger partial charge in [0.2, 0.25) is 15.9 Å². The standard InChI is InChI=1S/C19H21F3N4O3S/c20-19(21,22)16-5-1-2-6-17(16)30(28,29)26-13-7-15(8-14-26)18(27)25(11-3-9-23)12-4-10-24/h1-2,5-6,15H,3-4,7-8,11-14H2. The van der Waals surface area contributed by atoms with E-state index in [1.165, 1.54) is 11.0 Å². The van der Waals surface area contributed by atoms with E-state index in [2.05, 4.69) is 0 Å². The van der Waals surface area contributed by atoms with Gasteiger partial charge >= 0.3 is 6.18 Å². The Morgan fingerprint density at radius 1 is 1.10 bits per heavy atom. The predicted octanol–water partition coefficient (Wildman–Crippen LogP) is 2.76. The van der Waals surface area contributed by atoms with Crippen molar-refractivity contribution >= 4 is 15.9 Å². The summed E-state index contributed by atoms with van der Waals surface area (Å²) in [6, 6.07) is 7.90. The number of hydrogen-bond acceptors (Lipinski definition) is 5. The average Bonchev–Trinajstić information content (AvgIpc) is 2.73. The number of piperidine rings is 1. The molecule has 0 N–H and O–H groups in total. The number of hydrogen-bond donors (Lipinski definition) is 0. The van der Waals surface area contributed by atoms with Crippen molar-refractivity contribution in [2.75, 3.05) is 26.2 Å². The normalized spacial score (nSPS) is 15.9. The van der Waals surface area contributed by atoms with Crippen LogP contribution in [0, 0.1) is 28.6 Å². The van der Waals surface area contributed by atoms with Gasteiger partial charge in [0.25, 0.3) is 0 Å². The molecule has 1 aromatic carbocycles. The number of amides is 1. The molecule has 1 aromatic rings. The van der Waals surface area contributed by atoms with Crippen molar-refractivity contribution in [3.63, 3.8) is 0 Å². The van der Waals surface area contributed by atoms with Crippen LogP contribution < -0.4 is 0 Å². The summed E-state index contributed by atoms with van der Waals surface area (Å²) in [5, 5.41) is 17.5. The number of nitriles is 2. The van der Waals surface area contributed by atoms with Gasteiger partial charge in [0.15, 0.2) is 0 Å². The van der Waals surface area contributed by atoms with Crippen molar-refractivity contribution < 1.29 is 26.4 Å². The van der Waals surface area contributed by atoms with Crippen LogP contribution in [0.5, 0.6) is 0 Å². The molecule has 1 aliphatic heterocycles. The van der Waals surface area contributed by atoms with Crippen molar-refractivity contribution in [3.8, 4) is 12.1 Å². The van der Waals surface area contributed by atoms with Gasteiger partial charge in [-0.3, -0.25) is 4.79 Å². The fraction of sp³-hybridized carbons (Fsp3) is 0.526. The van der Waals surface area contributed by atoms with Crippen LogP contribution in [0.2, 0.25) is 0 Å². The maximum atomic E-state index is 13.2. The number of alkyl halides is 3. The zero-order valence-corrected chi connectivity index (χ0v) is 16.9. The molecule has 0 atom stereocenters. The number of halogens is 3. The lowest BCUT2D eigenvalue weighted by Crippen LogP contribution is -2.45. The smallest absolute Gasteiger partial charge is 0.340 e. The van der Waals surface area contributed by atoms with Crippen LogP contribution in [-0.4, -0.2) is 49.7 Å². The summed E-state index contributed by atoms with van der Waals surface area (Å²) in [7, 11) is -4.37. The molecule has 1 saturated heterocycles. The van der Waals surface area contributed by atoms with E-state index in [9.17, 15) is 26.4 Å². The lowest BCUT2D eigenvalue weighted by Gasteiger charge is -2.33. The summed E-state index contributed by atoms with van der Waals surface area (Å²) in [5.41, 5.74) is -1.22. The lowest BCUT2D eigenvalue weighted by atomic mass is 9.96. The van der Waals surface area contributed by atoms with E-state index in [0.717, 1.165) is 22.5 Å². The molecule has 1 amide bonds. The van der Waals surface area contributed by atoms with E-state index in [1.54, 1.807) is 0 Å². The number of rotatable bonds is 7. The first kappa shape index (κ1) is 23.6. The number of carbonyl (C=O) groups is 1. The molecule has 0 spiro atoms. The van der Waals surface area contributed by atoms with E-state index >= 15 is 0 Å². The van der Waals surface area contributed by atoms with Crippen molar-refractivity contribution in [1.29, 1.82) is 10.5 Å². The summed E-state index contributed by atoms with van der Waals surface area (Å²) in [4.78, 5) is 13.3. The van der Waals surface area contributed by atoms with E-state index in [1.807, 2.05) is 12.1 Å². The number of sulfonamides is 1. The molecule has 30 heavy (non-hydrogen) atoms. The molecule has 0 saturated carbocycles. The molecule has 1 aliphatic rings. The Hall–Kier alpha value is -2.63. The van der Waals surface area contributed by atoms with Gasteiger partial charge in [-0.2, -0.15) is 28.0 Å². The second kappa shape index (κ2) is 9.92. The van der Waals surface area contributed by atoms with Gasteiger partial charge in [0.05, 0.1) is 35.4 Å². The number of carbonyl (C=O) groups excluding carboxylic acids is 1. The van der Waals surface area contributed by atoms with Crippen molar-refractivity contribution in [2.24, 2.45) is 5.92 Å². The largest absolute Gasteiger partial charge is 0.417 e. The molecule has 162 valence electrons. The lowest BCUT2D eigenvalue weighted by molar-refractivity contribution is -0.140. The zero-order valence-electron chi connectivity index (χ0n) is 16.1. The minimum Gasteiger partial charge on any atom is -0.340 e. The van der Waals surface area contributed by atoms with Gasteiger partial charge in [0.1, 0.15) is 0 Å². The van der Waals surface area contributed by atoms with Gasteiger partial charge < -0.3 is 4.90 Å². The maximum Gasteiger partial charge on any atom is 0.417 e. The Morgan fingerprint density at radius 3 is 2.13 bits per heavy atom. The third kappa shape index (κ3) is 5.49. The molecule has 0 radical (unpaired) electrons. The third-order valence-corrected chi connectivity index (χ3v) is 6.87. The molecule has 7 nitrogen and oxygen atoms in total. The highest BCUT2D eigenvalue weighted by Gasteiger charge is 2.40. The second-order valence-corrected chi connectivity index (χ2v) is 8.72. The first-order chi connectivity index (χ1) is 14.1. The molecular weight excluding hydrogens is 421 g/mol. The molecule has 11 heteroatoms. The summed E-state index contributed by atoms with van der Waals surface area (Å²) >= 11 is 0. The Kier molecular flexibility index (Phi) is 7.82. The minimum atomic E-state index is -4.81. The second-order valence-electron chi connectivity index (χ2n) is 6.81. The highest BCUT2D eigenvalue weighted by molar-refractivity contribution is 7.89. The molecular formula is C19H21F3N4O3S. The molecule has 1 fully saturated rings. The van der Waals surface area contributed by atoms with Gasteiger partial charge in [-0.15, -0.1) is 0 Å². The van der Waals surface area contributed by atoms with Gasteiger partial charge in [0, 0.05) is 32.1 Å². The predicted molar refractivity (Wildman–Crippen MR) is 100.0 cm³/mol. The van der Waals surface area contributed by atoms with Crippen molar-refractivity contribution in [2.45, 2.75) is 36.8 Å². The summed E-state index contributed by atoms with van der Waals surface area (Å²) in [5.74, 6) is -0.778. The van der Waals surface area contributed by atoms with Crippen LogP contribution in [0.25, 0.3) is 0 Å². The van der Waals surface area contributed by atoms with Crippen molar-refractivity contribution in [3.05, 3.63) is 29.8 Å². The average molecular weight is 442 g/mol. The van der Waals surface area contributed by atoms with E-state index < -0.39 is 32.6 Å². The Morgan fingerprint density at radius 2 is 1.63 bits per heavy atom. The van der Waals surface area contributed by atoms with E-state index in [0.29, 0.717) is 0 Å². The van der Waals surface area contributed by atoms with Crippen LogP contribution in [0.3, 0.4) is 0 Å². The Bertz CT molecular complexity index is 925. The Labute approximate surface area is 173 Å². The summed E-state index contributed by atoms with van der Waals surface area (Å²) < 4.78 is 66.3. The zero-order chi connectivity index (χ0) is 22.4. The van der Waals surface area contributed by atoms with E-state index in [-0.39, 0.29) is 57.8 Å². The summed E-state index contributed by atoms with van der Waals surface area (Å²) in [6.45, 7) is 0.174. The monoisotopic (exact) mass is 442 g/mol. The molecule has 1 heterocycles. The fourth-order valence-corrected chi connectivity index (χ4v) is 5.05. The first-order valence-electron chi connectivity index (χ1n) is 9.32. The highest BCUT2D eigenvalue weighted by atomic mass is 32.2. The van der Waals surface area contributed by atoms with E-state index in [4.69, 9.17) is 10.5 Å². The van der Waals surface area contributed by atoms with Crippen LogP contribution in [0.1, 0.15) is 31.2 Å². The minimum absolute atomic E-state index is 0.0880. The van der Waals surface area contributed by atoms with Crippen molar-refractivity contribution in [1.82, 2.24) is 9.21 Å². The molecule has 0 aromatic heterocycles. The number of benzene rings is 1. The Balaban J connectivity index is 2.12. The van der Waals surface area contributed by atoms with Crippen LogP contribution >= 0.6 is 0 Å². The summed E-state index contributed by atoms with van der Waals surface area (Å²) in [6.07, 6.45) is -4.28. The highest BCUT2D eigenvalue weighted by Crippen LogP contribution is 2.36. The molecule has 0 bridgehead atoms. The van der Waals surface area contributed by atoms with Crippen LogP contribution in [-0.2, 0) is 21.0 Å². The maximum absolute atomic E-state index is 13.2.